The Bertz CT molecular complexity index is 386. The van der Waals surface area contributed by atoms with Crippen molar-refractivity contribution in [3.63, 3.8) is 0 Å². The van der Waals surface area contributed by atoms with E-state index in [0.717, 1.165) is 11.1 Å². The number of benzene rings is 1. The Labute approximate surface area is 84.7 Å². The van der Waals surface area contributed by atoms with Crippen LogP contribution in [0.3, 0.4) is 0 Å². The Morgan fingerprint density at radius 3 is 2.64 bits per heavy atom. The summed E-state index contributed by atoms with van der Waals surface area (Å²) in [6.07, 6.45) is 3.30. The highest BCUT2D eigenvalue weighted by molar-refractivity contribution is 5.75. The van der Waals surface area contributed by atoms with Gasteiger partial charge in [-0.25, -0.2) is 0 Å². The van der Waals surface area contributed by atoms with Crippen molar-refractivity contribution in [1.82, 2.24) is 0 Å². The van der Waals surface area contributed by atoms with Crippen molar-refractivity contribution >= 4 is 5.57 Å². The molecule has 0 radical (unpaired) electrons. The molecule has 0 amide bonds. The maximum Gasteiger partial charge on any atom is 0.109 e. The summed E-state index contributed by atoms with van der Waals surface area (Å²) >= 11 is 0. The molecule has 1 N–H and O–H groups in total. The smallest absolute Gasteiger partial charge is 0.109 e. The zero-order chi connectivity index (χ0) is 10.6. The summed E-state index contributed by atoms with van der Waals surface area (Å²) in [7, 11) is 0. The first kappa shape index (κ1) is 10.3. The van der Waals surface area contributed by atoms with Gasteiger partial charge in [0.15, 0.2) is 0 Å². The number of rotatable bonds is 3. The van der Waals surface area contributed by atoms with Crippen molar-refractivity contribution in [2.75, 3.05) is 0 Å². The lowest BCUT2D eigenvalue weighted by Crippen LogP contribution is -1.83. The number of aliphatic hydroxyl groups is 1. The van der Waals surface area contributed by atoms with Gasteiger partial charge in [0.2, 0.25) is 0 Å². The fourth-order valence-corrected chi connectivity index (χ4v) is 1.26. The topological polar surface area (TPSA) is 20.2 Å². The molecule has 1 aromatic carbocycles. The Morgan fingerprint density at radius 1 is 1.43 bits per heavy atom. The summed E-state index contributed by atoms with van der Waals surface area (Å²) in [4.78, 5) is 0. The van der Waals surface area contributed by atoms with Crippen molar-refractivity contribution < 1.29 is 5.11 Å². The van der Waals surface area contributed by atoms with E-state index in [1.54, 1.807) is 12.2 Å². The standard InChI is InChI=1S/C13H14O/c1-4-12(9-11(3)14)13-7-5-6-10(2)8-13/h4-9,14H,1,3H2,2H3/b12-9+. The molecule has 1 nitrogen and oxygen atoms in total. The third kappa shape index (κ3) is 2.63. The molecule has 0 aliphatic rings. The predicted molar refractivity (Wildman–Crippen MR) is 61.1 cm³/mol. The fourth-order valence-electron chi connectivity index (χ4n) is 1.26. The number of hydrogen-bond acceptors (Lipinski definition) is 1. The van der Waals surface area contributed by atoms with Crippen molar-refractivity contribution in [3.05, 3.63) is 66.5 Å². The van der Waals surface area contributed by atoms with Gasteiger partial charge in [-0.15, -0.1) is 0 Å². The molecule has 0 saturated carbocycles. The summed E-state index contributed by atoms with van der Waals surface area (Å²) in [6.45, 7) is 9.15. The summed E-state index contributed by atoms with van der Waals surface area (Å²) in [6, 6.07) is 8.01. The molecule has 0 saturated heterocycles. The molecule has 1 heteroatoms. The van der Waals surface area contributed by atoms with Crippen molar-refractivity contribution in [2.45, 2.75) is 6.92 Å². The molecule has 0 aromatic heterocycles. The van der Waals surface area contributed by atoms with E-state index in [1.807, 2.05) is 31.2 Å². The molecule has 0 aliphatic heterocycles. The summed E-state index contributed by atoms with van der Waals surface area (Å²) < 4.78 is 0. The van der Waals surface area contributed by atoms with Gasteiger partial charge in [0.1, 0.15) is 5.76 Å². The highest BCUT2D eigenvalue weighted by Gasteiger charge is 1.97. The largest absolute Gasteiger partial charge is 0.509 e. The molecule has 0 aliphatic carbocycles. The number of allylic oxidation sites excluding steroid dienone is 3. The van der Waals surface area contributed by atoms with Crippen LogP contribution in [0.25, 0.3) is 5.57 Å². The Balaban J connectivity index is 3.13. The third-order valence-electron chi connectivity index (χ3n) is 1.89. The maximum absolute atomic E-state index is 9.07. The number of aliphatic hydroxyl groups excluding tert-OH is 1. The van der Waals surface area contributed by atoms with Gasteiger partial charge in [0.25, 0.3) is 0 Å². The van der Waals surface area contributed by atoms with Crippen LogP contribution in [-0.4, -0.2) is 5.11 Å². The van der Waals surface area contributed by atoms with Crippen LogP contribution in [0.2, 0.25) is 0 Å². The maximum atomic E-state index is 9.07. The van der Waals surface area contributed by atoms with Crippen LogP contribution in [0.4, 0.5) is 0 Å². The monoisotopic (exact) mass is 186 g/mol. The highest BCUT2D eigenvalue weighted by atomic mass is 16.3. The van der Waals surface area contributed by atoms with E-state index in [2.05, 4.69) is 13.2 Å². The van der Waals surface area contributed by atoms with E-state index in [1.165, 1.54) is 5.56 Å². The molecule has 0 unspecified atom stereocenters. The lowest BCUT2D eigenvalue weighted by atomic mass is 10.0. The average Bonchev–Trinajstić information content (AvgIpc) is 2.14. The van der Waals surface area contributed by atoms with Crippen LogP contribution in [0.15, 0.2) is 55.3 Å². The Hall–Kier alpha value is -1.76. The molecule has 14 heavy (non-hydrogen) atoms. The minimum absolute atomic E-state index is 0.0430. The lowest BCUT2D eigenvalue weighted by molar-refractivity contribution is 0.435. The van der Waals surface area contributed by atoms with Crippen LogP contribution in [0.5, 0.6) is 0 Å². The van der Waals surface area contributed by atoms with E-state index in [0.29, 0.717) is 0 Å². The second-order valence-electron chi connectivity index (χ2n) is 3.16. The van der Waals surface area contributed by atoms with Crippen LogP contribution >= 0.6 is 0 Å². The summed E-state index contributed by atoms with van der Waals surface area (Å²) in [5.74, 6) is 0.0430. The second kappa shape index (κ2) is 4.47. The van der Waals surface area contributed by atoms with Gasteiger partial charge in [-0.05, 0) is 24.1 Å². The van der Waals surface area contributed by atoms with E-state index in [4.69, 9.17) is 5.11 Å². The van der Waals surface area contributed by atoms with Crippen LogP contribution in [0, 0.1) is 6.92 Å². The molecule has 0 bridgehead atoms. The first-order valence-electron chi connectivity index (χ1n) is 4.42. The minimum Gasteiger partial charge on any atom is -0.509 e. The Morgan fingerprint density at radius 2 is 2.14 bits per heavy atom. The first-order valence-corrected chi connectivity index (χ1v) is 4.42. The summed E-state index contributed by atoms with van der Waals surface area (Å²) in [5.41, 5.74) is 3.09. The number of hydrogen-bond donors (Lipinski definition) is 1. The van der Waals surface area contributed by atoms with E-state index in [-0.39, 0.29) is 5.76 Å². The van der Waals surface area contributed by atoms with E-state index in [9.17, 15) is 0 Å². The molecule has 0 atom stereocenters. The average molecular weight is 186 g/mol. The van der Waals surface area contributed by atoms with Gasteiger partial charge in [-0.1, -0.05) is 49.1 Å². The molecular weight excluding hydrogens is 172 g/mol. The van der Waals surface area contributed by atoms with Gasteiger partial charge < -0.3 is 5.11 Å². The molecule has 0 fully saturated rings. The zero-order valence-electron chi connectivity index (χ0n) is 8.33. The van der Waals surface area contributed by atoms with Crippen molar-refractivity contribution in [2.24, 2.45) is 0 Å². The zero-order valence-corrected chi connectivity index (χ0v) is 8.33. The van der Waals surface area contributed by atoms with E-state index < -0.39 is 0 Å². The highest BCUT2D eigenvalue weighted by Crippen LogP contribution is 2.17. The second-order valence-corrected chi connectivity index (χ2v) is 3.16. The molecule has 0 heterocycles. The van der Waals surface area contributed by atoms with E-state index >= 15 is 0 Å². The fraction of sp³-hybridized carbons (Fsp3) is 0.0769. The molecule has 1 rings (SSSR count). The minimum atomic E-state index is 0.0430. The van der Waals surface area contributed by atoms with Gasteiger partial charge in [-0.2, -0.15) is 0 Å². The predicted octanol–water partition coefficient (Wildman–Crippen LogP) is 3.64. The molecule has 0 spiro atoms. The third-order valence-corrected chi connectivity index (χ3v) is 1.89. The van der Waals surface area contributed by atoms with Crippen LogP contribution < -0.4 is 0 Å². The van der Waals surface area contributed by atoms with Crippen LogP contribution in [0.1, 0.15) is 11.1 Å². The number of aryl methyl sites for hydroxylation is 1. The lowest BCUT2D eigenvalue weighted by Gasteiger charge is -2.03. The molecular formula is C13H14O. The van der Waals surface area contributed by atoms with Gasteiger partial charge in [-0.3, -0.25) is 0 Å². The molecule has 72 valence electrons. The van der Waals surface area contributed by atoms with Gasteiger partial charge in [0.05, 0.1) is 0 Å². The van der Waals surface area contributed by atoms with Gasteiger partial charge >= 0.3 is 0 Å². The normalized spacial score (nSPS) is 11.1. The molecule has 1 aromatic rings. The van der Waals surface area contributed by atoms with Crippen LogP contribution in [-0.2, 0) is 0 Å². The quantitative estimate of drug-likeness (QED) is 0.564. The SMILES string of the molecule is C=C/C(=C\C(=C)O)c1cccc(C)c1. The summed E-state index contributed by atoms with van der Waals surface area (Å²) in [5, 5.41) is 9.07. The van der Waals surface area contributed by atoms with Crippen molar-refractivity contribution in [1.29, 1.82) is 0 Å². The van der Waals surface area contributed by atoms with Gasteiger partial charge in [0, 0.05) is 0 Å². The van der Waals surface area contributed by atoms with Crippen molar-refractivity contribution in [3.8, 4) is 0 Å². The first-order chi connectivity index (χ1) is 6.63. The Kier molecular flexibility index (Phi) is 3.29.